The molecule has 1 saturated carbocycles. The average molecular weight is 436 g/mol. The molecule has 0 saturated heterocycles. The van der Waals surface area contributed by atoms with Crippen LogP contribution in [0.1, 0.15) is 63.4 Å². The van der Waals surface area contributed by atoms with Crippen molar-refractivity contribution in [3.63, 3.8) is 0 Å². The summed E-state index contributed by atoms with van der Waals surface area (Å²) in [6, 6.07) is 14.3. The molecule has 0 radical (unpaired) electrons. The lowest BCUT2D eigenvalue weighted by atomic mass is 9.77. The molecule has 0 atom stereocenters. The minimum Gasteiger partial charge on any atom is -0.206 e. The predicted octanol–water partition coefficient (Wildman–Crippen LogP) is 7.56. The van der Waals surface area contributed by atoms with Gasteiger partial charge in [-0.2, -0.15) is 0 Å². The van der Waals surface area contributed by atoms with E-state index < -0.39 is 0 Å². The second-order valence-corrected chi connectivity index (χ2v) is 8.27. The zero-order chi connectivity index (χ0) is 16.9. The first-order valence-electron chi connectivity index (χ1n) is 9.22. The molecule has 0 nitrogen and oxygen atoms in total. The summed E-state index contributed by atoms with van der Waals surface area (Å²) < 4.78 is 14.1. The van der Waals surface area contributed by atoms with Gasteiger partial charge in [0.25, 0.3) is 0 Å². The van der Waals surface area contributed by atoms with Crippen LogP contribution in [0.5, 0.6) is 0 Å². The van der Waals surface area contributed by atoms with Crippen molar-refractivity contribution >= 4 is 22.6 Å². The van der Waals surface area contributed by atoms with Crippen molar-refractivity contribution in [2.45, 2.75) is 57.8 Å². The lowest BCUT2D eigenvalue weighted by Crippen LogP contribution is -2.13. The molecular weight excluding hydrogens is 410 g/mol. The van der Waals surface area contributed by atoms with Crippen LogP contribution in [0.4, 0.5) is 4.39 Å². The molecule has 0 heterocycles. The fourth-order valence-corrected chi connectivity index (χ4v) is 4.42. The first-order valence-corrected chi connectivity index (χ1v) is 10.3. The Balaban J connectivity index is 1.64. The van der Waals surface area contributed by atoms with E-state index in [4.69, 9.17) is 0 Å². The van der Waals surface area contributed by atoms with Crippen molar-refractivity contribution in [1.82, 2.24) is 0 Å². The topological polar surface area (TPSA) is 0 Å². The molecule has 128 valence electrons. The van der Waals surface area contributed by atoms with E-state index in [0.29, 0.717) is 3.57 Å². The van der Waals surface area contributed by atoms with Crippen molar-refractivity contribution in [3.05, 3.63) is 57.4 Å². The average Bonchev–Trinajstić information content (AvgIpc) is 2.63. The lowest BCUT2D eigenvalue weighted by Gasteiger charge is -2.29. The number of unbranched alkanes of at least 4 members (excludes halogenated alkanes) is 1. The van der Waals surface area contributed by atoms with E-state index >= 15 is 0 Å². The van der Waals surface area contributed by atoms with Crippen LogP contribution in [-0.4, -0.2) is 0 Å². The molecule has 1 aliphatic rings. The maximum absolute atomic E-state index is 13.4. The van der Waals surface area contributed by atoms with Crippen LogP contribution < -0.4 is 0 Å². The van der Waals surface area contributed by atoms with Gasteiger partial charge in [0.05, 0.1) is 0 Å². The van der Waals surface area contributed by atoms with Crippen LogP contribution in [0.2, 0.25) is 0 Å². The molecule has 3 rings (SSSR count). The third kappa shape index (κ3) is 4.38. The van der Waals surface area contributed by atoms with Crippen molar-refractivity contribution in [2.75, 3.05) is 0 Å². The molecule has 0 spiro atoms. The van der Waals surface area contributed by atoms with Gasteiger partial charge in [-0.1, -0.05) is 56.5 Å². The van der Waals surface area contributed by atoms with E-state index in [2.05, 4.69) is 53.8 Å². The molecule has 2 aromatic carbocycles. The van der Waals surface area contributed by atoms with E-state index in [9.17, 15) is 4.39 Å². The molecule has 2 heteroatoms. The maximum Gasteiger partial charge on any atom is 0.136 e. The Morgan fingerprint density at radius 3 is 2.25 bits per heavy atom. The first kappa shape index (κ1) is 17.9. The number of halogens is 2. The fraction of sp³-hybridized carbons (Fsp3) is 0.455. The van der Waals surface area contributed by atoms with Gasteiger partial charge in [0.1, 0.15) is 5.82 Å². The summed E-state index contributed by atoms with van der Waals surface area (Å²) in [5.74, 6) is 1.54. The van der Waals surface area contributed by atoms with Gasteiger partial charge in [0.15, 0.2) is 0 Å². The number of rotatable bonds is 5. The molecule has 0 N–H and O–H groups in total. The zero-order valence-electron chi connectivity index (χ0n) is 14.4. The first-order chi connectivity index (χ1) is 11.7. The number of hydrogen-bond donors (Lipinski definition) is 0. The van der Waals surface area contributed by atoms with Gasteiger partial charge in [0, 0.05) is 3.57 Å². The van der Waals surface area contributed by atoms with Crippen LogP contribution in [0.25, 0.3) is 11.1 Å². The van der Waals surface area contributed by atoms with Crippen molar-refractivity contribution < 1.29 is 4.39 Å². The SMILES string of the molecule is CCCCC1CCC(c2ccc(-c3ccc(F)c(I)c3)cc2)CC1. The third-order valence-corrected chi connectivity index (χ3v) is 6.27. The second kappa shape index (κ2) is 8.46. The van der Waals surface area contributed by atoms with Gasteiger partial charge < -0.3 is 0 Å². The largest absolute Gasteiger partial charge is 0.206 e. The highest BCUT2D eigenvalue weighted by atomic mass is 127. The van der Waals surface area contributed by atoms with Crippen LogP contribution in [0, 0.1) is 15.3 Å². The molecular formula is C22H26FI. The Morgan fingerprint density at radius 2 is 1.62 bits per heavy atom. The van der Waals surface area contributed by atoms with Crippen molar-refractivity contribution in [3.8, 4) is 11.1 Å². The van der Waals surface area contributed by atoms with Gasteiger partial charge in [-0.25, -0.2) is 4.39 Å². The quantitative estimate of drug-likeness (QED) is 0.424. The second-order valence-electron chi connectivity index (χ2n) is 7.11. The van der Waals surface area contributed by atoms with Gasteiger partial charge in [0.2, 0.25) is 0 Å². The summed E-state index contributed by atoms with van der Waals surface area (Å²) in [5, 5.41) is 0. The number of hydrogen-bond acceptors (Lipinski definition) is 0. The number of benzene rings is 2. The summed E-state index contributed by atoms with van der Waals surface area (Å²) >= 11 is 2.05. The van der Waals surface area contributed by atoms with E-state index in [-0.39, 0.29) is 5.82 Å². The van der Waals surface area contributed by atoms with E-state index in [1.54, 1.807) is 6.07 Å². The summed E-state index contributed by atoms with van der Waals surface area (Å²) in [7, 11) is 0. The van der Waals surface area contributed by atoms with Gasteiger partial charge in [-0.3, -0.25) is 0 Å². The van der Waals surface area contributed by atoms with E-state index in [1.807, 2.05) is 12.1 Å². The molecule has 0 aliphatic heterocycles. The summed E-state index contributed by atoms with van der Waals surface area (Å²) in [4.78, 5) is 0. The predicted molar refractivity (Wildman–Crippen MR) is 109 cm³/mol. The Kier molecular flexibility index (Phi) is 6.31. The molecule has 2 aromatic rings. The van der Waals surface area contributed by atoms with Crippen LogP contribution in [0.3, 0.4) is 0 Å². The minimum absolute atomic E-state index is 0.143. The Bertz CT molecular complexity index is 654. The minimum atomic E-state index is -0.143. The van der Waals surface area contributed by atoms with E-state index in [0.717, 1.165) is 17.4 Å². The normalized spacial score (nSPS) is 21.0. The monoisotopic (exact) mass is 436 g/mol. The summed E-state index contributed by atoms with van der Waals surface area (Å²) in [6.45, 7) is 2.29. The Hall–Kier alpha value is -0.900. The highest BCUT2D eigenvalue weighted by Crippen LogP contribution is 2.38. The van der Waals surface area contributed by atoms with E-state index in [1.165, 1.54) is 56.1 Å². The van der Waals surface area contributed by atoms with Gasteiger partial charge in [-0.05, 0) is 88.9 Å². The molecule has 1 aliphatic carbocycles. The van der Waals surface area contributed by atoms with Crippen molar-refractivity contribution in [2.24, 2.45) is 5.92 Å². The van der Waals surface area contributed by atoms with Crippen LogP contribution in [0.15, 0.2) is 42.5 Å². The highest BCUT2D eigenvalue weighted by Gasteiger charge is 2.21. The highest BCUT2D eigenvalue weighted by molar-refractivity contribution is 14.1. The van der Waals surface area contributed by atoms with Crippen molar-refractivity contribution in [1.29, 1.82) is 0 Å². The molecule has 0 aromatic heterocycles. The summed E-state index contributed by atoms with van der Waals surface area (Å²) in [6.07, 6.45) is 9.59. The van der Waals surface area contributed by atoms with Gasteiger partial charge in [-0.15, -0.1) is 0 Å². The zero-order valence-corrected chi connectivity index (χ0v) is 16.6. The van der Waals surface area contributed by atoms with Crippen LogP contribution in [-0.2, 0) is 0 Å². The Labute approximate surface area is 159 Å². The lowest BCUT2D eigenvalue weighted by molar-refractivity contribution is 0.304. The van der Waals surface area contributed by atoms with Crippen LogP contribution >= 0.6 is 22.6 Å². The smallest absolute Gasteiger partial charge is 0.136 e. The molecule has 24 heavy (non-hydrogen) atoms. The molecule has 0 bridgehead atoms. The van der Waals surface area contributed by atoms with Gasteiger partial charge >= 0.3 is 0 Å². The molecule has 0 amide bonds. The Morgan fingerprint density at radius 1 is 0.958 bits per heavy atom. The molecule has 1 fully saturated rings. The standard InChI is InChI=1S/C22H26FI/c1-2-3-4-16-5-7-17(8-6-16)18-9-11-19(12-10-18)20-13-14-21(23)22(24)15-20/h9-17H,2-8H2,1H3. The maximum atomic E-state index is 13.4. The molecule has 0 unspecified atom stereocenters. The summed E-state index contributed by atoms with van der Waals surface area (Å²) in [5.41, 5.74) is 3.74. The fourth-order valence-electron chi connectivity index (χ4n) is 3.90. The third-order valence-electron chi connectivity index (χ3n) is 5.45.